The number of hydrogen-bond acceptors (Lipinski definition) is 6. The third-order valence-corrected chi connectivity index (χ3v) is 5.70. The zero-order chi connectivity index (χ0) is 12.5. The van der Waals surface area contributed by atoms with Gasteiger partial charge in [-0.1, -0.05) is 36.4 Å². The maximum absolute atomic E-state index is 3.21. The fourth-order valence-corrected chi connectivity index (χ4v) is 4.27. The van der Waals surface area contributed by atoms with E-state index in [9.17, 15) is 0 Å². The molecule has 2 aromatic carbocycles. The van der Waals surface area contributed by atoms with Gasteiger partial charge in [0.1, 0.15) is 0 Å². The molecular formula is C12H12N2S4. The quantitative estimate of drug-likeness (QED) is 0.433. The highest BCUT2D eigenvalue weighted by Gasteiger charge is 1.94. The van der Waals surface area contributed by atoms with Gasteiger partial charge in [-0.15, -0.1) is 0 Å². The molecule has 0 amide bonds. The van der Waals surface area contributed by atoms with E-state index in [0.717, 1.165) is 0 Å². The van der Waals surface area contributed by atoms with Crippen molar-refractivity contribution < 1.29 is 0 Å². The molecule has 2 aromatic rings. The average molecular weight is 313 g/mol. The predicted molar refractivity (Wildman–Crippen MR) is 86.1 cm³/mol. The van der Waals surface area contributed by atoms with E-state index < -0.39 is 0 Å². The lowest BCUT2D eigenvalue weighted by Crippen LogP contribution is -1.91. The van der Waals surface area contributed by atoms with Crippen LogP contribution in [0, 0.1) is 0 Å². The van der Waals surface area contributed by atoms with E-state index in [1.165, 1.54) is 9.79 Å². The van der Waals surface area contributed by atoms with Crippen LogP contribution in [-0.4, -0.2) is 0 Å². The number of nitrogens with one attached hydrogen (secondary N) is 2. The Labute approximate surface area is 124 Å². The molecule has 0 saturated carbocycles. The summed E-state index contributed by atoms with van der Waals surface area (Å²) in [7, 11) is 3.13. The average Bonchev–Trinajstić information content (AvgIpc) is 2.45. The summed E-state index contributed by atoms with van der Waals surface area (Å²) in [5.41, 5.74) is 0. The number of hydrogen-bond donors (Lipinski definition) is 2. The molecule has 0 saturated heterocycles. The van der Waals surface area contributed by atoms with Crippen molar-refractivity contribution in [1.29, 1.82) is 0 Å². The minimum atomic E-state index is 1.21. The van der Waals surface area contributed by atoms with E-state index in [-0.39, 0.29) is 0 Å². The van der Waals surface area contributed by atoms with Gasteiger partial charge in [0.15, 0.2) is 0 Å². The van der Waals surface area contributed by atoms with E-state index in [1.54, 1.807) is 45.9 Å². The Morgan fingerprint density at radius 1 is 0.556 bits per heavy atom. The molecule has 18 heavy (non-hydrogen) atoms. The SMILES string of the molecule is c1ccc(SNSSNSc2ccccc2)cc1. The summed E-state index contributed by atoms with van der Waals surface area (Å²) < 4.78 is 6.42. The van der Waals surface area contributed by atoms with Crippen molar-refractivity contribution in [2.24, 2.45) is 0 Å². The second-order valence-electron chi connectivity index (χ2n) is 3.16. The second kappa shape index (κ2) is 8.79. The summed E-state index contributed by atoms with van der Waals surface area (Å²) in [6.07, 6.45) is 0. The van der Waals surface area contributed by atoms with Gasteiger partial charge in [-0.05, 0) is 48.2 Å². The van der Waals surface area contributed by atoms with Crippen molar-refractivity contribution in [3.8, 4) is 0 Å². The van der Waals surface area contributed by atoms with Crippen LogP contribution in [0.2, 0.25) is 0 Å². The highest BCUT2D eigenvalue weighted by Crippen LogP contribution is 2.25. The summed E-state index contributed by atoms with van der Waals surface area (Å²) >= 11 is 3.22. The van der Waals surface area contributed by atoms with Gasteiger partial charge in [0, 0.05) is 31.8 Å². The van der Waals surface area contributed by atoms with Crippen molar-refractivity contribution in [1.82, 2.24) is 8.25 Å². The van der Waals surface area contributed by atoms with Gasteiger partial charge in [0.2, 0.25) is 0 Å². The fourth-order valence-electron chi connectivity index (χ4n) is 1.14. The van der Waals surface area contributed by atoms with Crippen LogP contribution in [0.25, 0.3) is 0 Å². The fraction of sp³-hybridized carbons (Fsp3) is 0. The van der Waals surface area contributed by atoms with E-state index in [2.05, 4.69) is 32.5 Å². The van der Waals surface area contributed by atoms with Crippen LogP contribution in [-0.2, 0) is 0 Å². The predicted octanol–water partition coefficient (Wildman–Crippen LogP) is 4.79. The molecule has 6 heteroatoms. The topological polar surface area (TPSA) is 24.1 Å². The molecule has 0 fully saturated rings. The first-order valence-electron chi connectivity index (χ1n) is 5.21. The molecule has 2 N–H and O–H groups in total. The molecule has 0 atom stereocenters. The Kier molecular flexibility index (Phi) is 6.92. The van der Waals surface area contributed by atoms with Crippen molar-refractivity contribution in [2.75, 3.05) is 0 Å². The minimum Gasteiger partial charge on any atom is -0.193 e. The first kappa shape index (κ1) is 14.2. The van der Waals surface area contributed by atoms with Crippen LogP contribution in [0.4, 0.5) is 0 Å². The lowest BCUT2D eigenvalue weighted by Gasteiger charge is -2.03. The molecule has 0 aromatic heterocycles. The normalized spacial score (nSPS) is 10.4. The molecule has 2 nitrogen and oxygen atoms in total. The lowest BCUT2D eigenvalue weighted by atomic mass is 10.4. The van der Waals surface area contributed by atoms with Crippen LogP contribution in [0.3, 0.4) is 0 Å². The lowest BCUT2D eigenvalue weighted by molar-refractivity contribution is 1.45. The summed E-state index contributed by atoms with van der Waals surface area (Å²) in [4.78, 5) is 2.42. The first-order valence-corrected chi connectivity index (χ1v) is 9.00. The van der Waals surface area contributed by atoms with Gasteiger partial charge in [0.05, 0.1) is 0 Å². The molecule has 0 radical (unpaired) electrons. The van der Waals surface area contributed by atoms with Gasteiger partial charge in [-0.25, -0.2) is 0 Å². The zero-order valence-electron chi connectivity index (χ0n) is 9.41. The van der Waals surface area contributed by atoms with Crippen molar-refractivity contribution in [3.05, 3.63) is 60.7 Å². The maximum Gasteiger partial charge on any atom is 0.0236 e. The Hall–Kier alpha value is -0.240. The Morgan fingerprint density at radius 3 is 1.33 bits per heavy atom. The van der Waals surface area contributed by atoms with Crippen molar-refractivity contribution in [3.63, 3.8) is 0 Å². The van der Waals surface area contributed by atoms with Crippen LogP contribution in [0.15, 0.2) is 70.5 Å². The van der Waals surface area contributed by atoms with Crippen molar-refractivity contribution in [2.45, 2.75) is 9.79 Å². The van der Waals surface area contributed by atoms with E-state index in [4.69, 9.17) is 0 Å². The van der Waals surface area contributed by atoms with Crippen LogP contribution < -0.4 is 8.25 Å². The molecule has 0 unspecified atom stereocenters. The Bertz CT molecular complexity index is 395. The second-order valence-corrected chi connectivity index (χ2v) is 7.18. The molecule has 2 rings (SSSR count). The molecule has 94 valence electrons. The number of rotatable bonds is 7. The Morgan fingerprint density at radius 2 is 0.944 bits per heavy atom. The van der Waals surface area contributed by atoms with Gasteiger partial charge in [0.25, 0.3) is 0 Å². The van der Waals surface area contributed by atoms with Crippen molar-refractivity contribution >= 4 is 45.9 Å². The number of benzene rings is 2. The monoisotopic (exact) mass is 312 g/mol. The highest BCUT2D eigenvalue weighted by molar-refractivity contribution is 8.77. The van der Waals surface area contributed by atoms with Crippen LogP contribution in [0.1, 0.15) is 0 Å². The standard InChI is InChI=1S/C12H12N2S4/c1-3-7-11(8-4-1)15-13-17-18-14-16-12-9-5-2-6-10-12/h1-10,13-14H. The summed E-state index contributed by atoms with van der Waals surface area (Å²) in [5, 5.41) is 0. The first-order chi connectivity index (χ1) is 8.95. The third kappa shape index (κ3) is 5.60. The summed E-state index contributed by atoms with van der Waals surface area (Å²) in [6.45, 7) is 0. The van der Waals surface area contributed by atoms with E-state index >= 15 is 0 Å². The van der Waals surface area contributed by atoms with E-state index in [0.29, 0.717) is 0 Å². The maximum atomic E-state index is 3.21. The molecule has 0 aliphatic carbocycles. The van der Waals surface area contributed by atoms with E-state index in [1.807, 2.05) is 36.4 Å². The molecule has 0 bridgehead atoms. The smallest absolute Gasteiger partial charge is 0.0236 e. The highest BCUT2D eigenvalue weighted by atomic mass is 33.1. The largest absolute Gasteiger partial charge is 0.193 e. The van der Waals surface area contributed by atoms with Gasteiger partial charge in [-0.2, -0.15) is 8.25 Å². The molecule has 0 aliphatic rings. The molecule has 0 aliphatic heterocycles. The summed E-state index contributed by atoms with van der Waals surface area (Å²) in [6, 6.07) is 20.5. The zero-order valence-corrected chi connectivity index (χ0v) is 12.7. The van der Waals surface area contributed by atoms with Gasteiger partial charge in [-0.3, -0.25) is 0 Å². The Balaban J connectivity index is 1.54. The van der Waals surface area contributed by atoms with Gasteiger partial charge >= 0.3 is 0 Å². The van der Waals surface area contributed by atoms with Crippen LogP contribution in [0.5, 0.6) is 0 Å². The third-order valence-electron chi connectivity index (χ3n) is 1.92. The minimum absolute atomic E-state index is 1.21. The van der Waals surface area contributed by atoms with Crippen LogP contribution >= 0.6 is 45.9 Å². The molecule has 0 spiro atoms. The summed E-state index contributed by atoms with van der Waals surface area (Å²) in [5.74, 6) is 0. The van der Waals surface area contributed by atoms with Gasteiger partial charge < -0.3 is 0 Å². The molecule has 0 heterocycles. The molecular weight excluding hydrogens is 300 g/mol.